The van der Waals surface area contributed by atoms with E-state index in [9.17, 15) is 0 Å². The maximum atomic E-state index is 5.97. The molecule has 0 bridgehead atoms. The molecule has 138 valence electrons. The van der Waals surface area contributed by atoms with Gasteiger partial charge < -0.3 is 9.47 Å². The van der Waals surface area contributed by atoms with Crippen molar-refractivity contribution in [3.05, 3.63) is 65.2 Å². The first-order valence-corrected chi connectivity index (χ1v) is 9.87. The molecule has 0 heterocycles. The topological polar surface area (TPSA) is 18.5 Å². The third kappa shape index (κ3) is 5.47. The Kier molecular flexibility index (Phi) is 7.33. The van der Waals surface area contributed by atoms with Crippen LogP contribution in [0.4, 0.5) is 0 Å². The number of ether oxygens (including phenoxy) is 2. The molecule has 3 rings (SSSR count). The van der Waals surface area contributed by atoms with Crippen LogP contribution in [0.25, 0.3) is 11.6 Å². The van der Waals surface area contributed by atoms with Gasteiger partial charge in [0.15, 0.2) is 0 Å². The summed E-state index contributed by atoms with van der Waals surface area (Å²) >= 11 is 0. The van der Waals surface area contributed by atoms with Crippen LogP contribution < -0.4 is 4.74 Å². The molecular weight excluding hydrogens is 320 g/mol. The van der Waals surface area contributed by atoms with Gasteiger partial charge in [-0.3, -0.25) is 0 Å². The van der Waals surface area contributed by atoms with E-state index >= 15 is 0 Å². The molecule has 0 amide bonds. The van der Waals surface area contributed by atoms with Crippen molar-refractivity contribution in [2.24, 2.45) is 0 Å². The second-order valence-corrected chi connectivity index (χ2v) is 7.01. The van der Waals surface area contributed by atoms with Crippen LogP contribution in [0.3, 0.4) is 0 Å². The highest BCUT2D eigenvalue weighted by Crippen LogP contribution is 2.30. The van der Waals surface area contributed by atoms with E-state index in [1.165, 1.54) is 35.1 Å². The lowest BCUT2D eigenvalue weighted by atomic mass is 9.91. The summed E-state index contributed by atoms with van der Waals surface area (Å²) in [6, 6.07) is 17.4. The fraction of sp³-hybridized carbons (Fsp3) is 0.417. The molecule has 2 heteroatoms. The summed E-state index contributed by atoms with van der Waals surface area (Å²) in [7, 11) is 1.76. The minimum absolute atomic E-state index is 0.785. The van der Waals surface area contributed by atoms with Crippen LogP contribution in [0.15, 0.2) is 48.5 Å². The van der Waals surface area contributed by atoms with Gasteiger partial charge >= 0.3 is 0 Å². The Morgan fingerprint density at radius 2 is 1.65 bits per heavy atom. The van der Waals surface area contributed by atoms with E-state index in [4.69, 9.17) is 9.47 Å². The first-order chi connectivity index (χ1) is 12.9. The van der Waals surface area contributed by atoms with Gasteiger partial charge in [0.25, 0.3) is 0 Å². The first kappa shape index (κ1) is 18.7. The van der Waals surface area contributed by atoms with Crippen molar-refractivity contribution < 1.29 is 9.47 Å². The van der Waals surface area contributed by atoms with Gasteiger partial charge in [-0.1, -0.05) is 42.5 Å². The lowest BCUT2D eigenvalue weighted by Crippen LogP contribution is -2.01. The van der Waals surface area contributed by atoms with Crippen LogP contribution in [0.5, 0.6) is 5.75 Å². The molecule has 0 saturated carbocycles. The maximum Gasteiger partial charge on any atom is 0.119 e. The van der Waals surface area contributed by atoms with Crippen LogP contribution in [0, 0.1) is 0 Å². The fourth-order valence-electron chi connectivity index (χ4n) is 3.52. The molecule has 0 saturated heterocycles. The highest BCUT2D eigenvalue weighted by Gasteiger charge is 2.10. The molecule has 0 aliphatic heterocycles. The van der Waals surface area contributed by atoms with Gasteiger partial charge in [-0.2, -0.15) is 0 Å². The fourth-order valence-corrected chi connectivity index (χ4v) is 3.52. The van der Waals surface area contributed by atoms with Gasteiger partial charge in [0.05, 0.1) is 6.61 Å². The molecule has 0 aromatic heterocycles. The van der Waals surface area contributed by atoms with Crippen LogP contribution in [-0.2, 0) is 11.2 Å². The number of hydrogen-bond donors (Lipinski definition) is 0. The van der Waals surface area contributed by atoms with Crippen molar-refractivity contribution in [2.45, 2.75) is 44.9 Å². The summed E-state index contributed by atoms with van der Waals surface area (Å²) < 4.78 is 11.1. The Labute approximate surface area is 157 Å². The van der Waals surface area contributed by atoms with E-state index in [-0.39, 0.29) is 0 Å². The van der Waals surface area contributed by atoms with Gasteiger partial charge in [-0.05, 0) is 79.3 Å². The number of unbranched alkanes of at least 4 members (excludes halogenated alkanes) is 2. The van der Waals surface area contributed by atoms with Crippen molar-refractivity contribution in [1.82, 2.24) is 0 Å². The van der Waals surface area contributed by atoms with E-state index in [2.05, 4.69) is 54.6 Å². The van der Waals surface area contributed by atoms with E-state index in [1.807, 2.05) is 0 Å². The highest BCUT2D eigenvalue weighted by molar-refractivity contribution is 5.82. The second kappa shape index (κ2) is 10.2. The van der Waals surface area contributed by atoms with E-state index in [0.29, 0.717) is 0 Å². The Bertz CT molecular complexity index is 703. The molecule has 0 radical (unpaired) electrons. The molecule has 0 atom stereocenters. The summed E-state index contributed by atoms with van der Waals surface area (Å²) in [6.45, 7) is 1.63. The number of fused-ring (bicyclic) bond motifs is 1. The Balaban J connectivity index is 1.67. The molecular formula is C24H30O2. The number of hydrogen-bond acceptors (Lipinski definition) is 2. The molecule has 0 spiro atoms. The maximum absolute atomic E-state index is 5.97. The molecule has 2 aromatic carbocycles. The summed E-state index contributed by atoms with van der Waals surface area (Å²) in [4.78, 5) is 0. The molecule has 1 aliphatic rings. The summed E-state index contributed by atoms with van der Waals surface area (Å²) in [5.74, 6) is 1.01. The van der Waals surface area contributed by atoms with E-state index in [1.54, 1.807) is 7.11 Å². The van der Waals surface area contributed by atoms with Gasteiger partial charge in [0.2, 0.25) is 0 Å². The number of benzene rings is 2. The molecule has 0 fully saturated rings. The smallest absolute Gasteiger partial charge is 0.119 e. The average molecular weight is 351 g/mol. The zero-order valence-electron chi connectivity index (χ0n) is 15.9. The molecule has 2 nitrogen and oxygen atoms in total. The van der Waals surface area contributed by atoms with E-state index < -0.39 is 0 Å². The number of rotatable bonds is 8. The number of allylic oxidation sites excluding steroid dienone is 1. The second-order valence-electron chi connectivity index (χ2n) is 7.01. The first-order valence-electron chi connectivity index (χ1n) is 9.87. The standard InChI is InChI=1S/C24H30O2/c1-25-16-8-3-9-17-26-24-15-14-23-18-21(20-10-4-2-5-11-20)12-6-7-13-22(23)19-24/h2,4-5,10-11,14-15,18-19H,3,6-9,12-13,16-17H2,1H3. The third-order valence-electron chi connectivity index (χ3n) is 4.99. The Hall–Kier alpha value is -2.06. The van der Waals surface area contributed by atoms with Crippen molar-refractivity contribution in [2.75, 3.05) is 20.3 Å². The van der Waals surface area contributed by atoms with Gasteiger partial charge in [0.1, 0.15) is 5.75 Å². The van der Waals surface area contributed by atoms with Crippen LogP contribution in [0.1, 0.15) is 55.2 Å². The Morgan fingerprint density at radius 3 is 2.50 bits per heavy atom. The summed E-state index contributed by atoms with van der Waals surface area (Å²) in [5.41, 5.74) is 5.54. The van der Waals surface area contributed by atoms with Gasteiger partial charge in [0, 0.05) is 13.7 Å². The summed E-state index contributed by atoms with van der Waals surface area (Å²) in [6.07, 6.45) is 10.5. The van der Waals surface area contributed by atoms with Crippen molar-refractivity contribution in [3.8, 4) is 5.75 Å². The third-order valence-corrected chi connectivity index (χ3v) is 4.99. The van der Waals surface area contributed by atoms with Gasteiger partial charge in [-0.25, -0.2) is 0 Å². The number of aryl methyl sites for hydroxylation is 1. The predicted molar refractivity (Wildman–Crippen MR) is 110 cm³/mol. The van der Waals surface area contributed by atoms with Crippen molar-refractivity contribution >= 4 is 11.6 Å². The van der Waals surface area contributed by atoms with Crippen molar-refractivity contribution in [1.29, 1.82) is 0 Å². The minimum atomic E-state index is 0.785. The summed E-state index contributed by atoms with van der Waals surface area (Å²) in [5, 5.41) is 0. The Morgan fingerprint density at radius 1 is 0.846 bits per heavy atom. The average Bonchev–Trinajstić information content (AvgIpc) is 2.66. The molecule has 1 aliphatic carbocycles. The van der Waals surface area contributed by atoms with Gasteiger partial charge in [-0.15, -0.1) is 0 Å². The lowest BCUT2D eigenvalue weighted by molar-refractivity contribution is 0.189. The quantitative estimate of drug-likeness (QED) is 0.532. The number of methoxy groups -OCH3 is 1. The molecule has 0 unspecified atom stereocenters. The zero-order chi connectivity index (χ0) is 18.0. The monoisotopic (exact) mass is 350 g/mol. The largest absolute Gasteiger partial charge is 0.494 e. The lowest BCUT2D eigenvalue weighted by Gasteiger charge is -2.16. The molecule has 2 aromatic rings. The van der Waals surface area contributed by atoms with Crippen LogP contribution in [0.2, 0.25) is 0 Å². The normalized spacial score (nSPS) is 14.1. The zero-order valence-corrected chi connectivity index (χ0v) is 15.9. The predicted octanol–water partition coefficient (Wildman–Crippen LogP) is 6.15. The SMILES string of the molecule is COCCCCCOc1ccc2c(c1)CCCCC(c1ccccc1)=C2. The van der Waals surface area contributed by atoms with Crippen LogP contribution >= 0.6 is 0 Å². The molecule has 26 heavy (non-hydrogen) atoms. The highest BCUT2D eigenvalue weighted by atomic mass is 16.5. The molecule has 0 N–H and O–H groups in total. The minimum Gasteiger partial charge on any atom is -0.494 e. The van der Waals surface area contributed by atoms with Crippen LogP contribution in [-0.4, -0.2) is 20.3 Å². The van der Waals surface area contributed by atoms with E-state index in [0.717, 1.165) is 51.1 Å². The van der Waals surface area contributed by atoms with Crippen molar-refractivity contribution in [3.63, 3.8) is 0 Å².